The maximum atomic E-state index is 10.6. The summed E-state index contributed by atoms with van der Waals surface area (Å²) in [6.07, 6.45) is 0.639. The lowest BCUT2D eigenvalue weighted by Gasteiger charge is -1.95. The van der Waals surface area contributed by atoms with Crippen molar-refractivity contribution in [3.8, 4) is 0 Å². The Morgan fingerprint density at radius 3 is 2.87 bits per heavy atom. The first-order valence-corrected chi connectivity index (χ1v) is 5.61. The van der Waals surface area contributed by atoms with E-state index < -0.39 is 10.7 Å². The number of H-pyrrole nitrogens is 1. The van der Waals surface area contributed by atoms with Gasteiger partial charge in [-0.2, -0.15) is 5.10 Å². The summed E-state index contributed by atoms with van der Waals surface area (Å²) >= 11 is 0. The zero-order valence-corrected chi connectivity index (χ0v) is 8.53. The number of nitrogens with zero attached hydrogens (tertiary/aromatic N) is 1. The summed E-state index contributed by atoms with van der Waals surface area (Å²) in [5.41, 5.74) is 1.68. The standard InChI is InChI=1S/C9H8N2O3S/c12-4-9-7-3-6(5-15(13)14)1-2-8(7)10-11-9/h1-4,15H,5H2,(H,10,11). The molecule has 5 nitrogen and oxygen atoms in total. The van der Waals surface area contributed by atoms with Gasteiger partial charge >= 0.3 is 0 Å². The predicted octanol–water partition coefficient (Wildman–Crippen LogP) is 0.487. The molecule has 0 aliphatic rings. The number of hydrogen-bond acceptors (Lipinski definition) is 4. The van der Waals surface area contributed by atoms with Gasteiger partial charge in [0, 0.05) is 5.39 Å². The zero-order chi connectivity index (χ0) is 10.8. The Hall–Kier alpha value is -1.69. The van der Waals surface area contributed by atoms with Crippen LogP contribution in [-0.2, 0) is 16.5 Å². The first kappa shape index (κ1) is 9.85. The molecule has 0 bridgehead atoms. The van der Waals surface area contributed by atoms with Crippen molar-refractivity contribution in [3.63, 3.8) is 0 Å². The first-order valence-electron chi connectivity index (χ1n) is 4.24. The summed E-state index contributed by atoms with van der Waals surface area (Å²) in [4.78, 5) is 10.6. The molecule has 1 N–H and O–H groups in total. The molecule has 0 fully saturated rings. The topological polar surface area (TPSA) is 79.9 Å². The molecule has 0 amide bonds. The van der Waals surface area contributed by atoms with Crippen LogP contribution >= 0.6 is 0 Å². The van der Waals surface area contributed by atoms with E-state index in [4.69, 9.17) is 0 Å². The van der Waals surface area contributed by atoms with Gasteiger partial charge < -0.3 is 0 Å². The van der Waals surface area contributed by atoms with E-state index in [0.29, 0.717) is 22.9 Å². The number of benzene rings is 1. The number of aromatic amines is 1. The Bertz CT molecular complexity index is 578. The molecule has 2 rings (SSSR count). The van der Waals surface area contributed by atoms with Crippen LogP contribution in [-0.4, -0.2) is 24.9 Å². The van der Waals surface area contributed by atoms with Gasteiger partial charge in [0.1, 0.15) is 16.4 Å². The van der Waals surface area contributed by atoms with E-state index in [9.17, 15) is 13.2 Å². The quantitative estimate of drug-likeness (QED) is 0.587. The number of carbonyl (C=O) groups excluding carboxylic acids is 1. The van der Waals surface area contributed by atoms with Crippen molar-refractivity contribution in [1.29, 1.82) is 0 Å². The highest BCUT2D eigenvalue weighted by molar-refractivity contribution is 7.71. The molecular formula is C9H8N2O3S. The maximum Gasteiger partial charge on any atom is 0.170 e. The van der Waals surface area contributed by atoms with Crippen LogP contribution < -0.4 is 0 Å². The molecule has 1 aromatic heterocycles. The lowest BCUT2D eigenvalue weighted by atomic mass is 10.1. The maximum absolute atomic E-state index is 10.6. The number of carbonyl (C=O) groups is 1. The average Bonchev–Trinajstić information content (AvgIpc) is 2.59. The first-order chi connectivity index (χ1) is 7.20. The van der Waals surface area contributed by atoms with E-state index in [2.05, 4.69) is 10.2 Å². The van der Waals surface area contributed by atoms with Crippen molar-refractivity contribution >= 4 is 27.9 Å². The summed E-state index contributed by atoms with van der Waals surface area (Å²) in [6.45, 7) is 0. The fourth-order valence-electron chi connectivity index (χ4n) is 1.42. The monoisotopic (exact) mass is 224 g/mol. The van der Waals surface area contributed by atoms with Gasteiger partial charge in [0.2, 0.25) is 0 Å². The van der Waals surface area contributed by atoms with Gasteiger partial charge in [-0.25, -0.2) is 8.42 Å². The van der Waals surface area contributed by atoms with Crippen molar-refractivity contribution in [2.45, 2.75) is 5.75 Å². The van der Waals surface area contributed by atoms with Crippen molar-refractivity contribution < 1.29 is 13.2 Å². The third-order valence-corrected chi connectivity index (χ3v) is 2.70. The number of hydrogen-bond donors (Lipinski definition) is 2. The highest BCUT2D eigenvalue weighted by atomic mass is 32.2. The van der Waals surface area contributed by atoms with Gasteiger partial charge in [0.15, 0.2) is 6.29 Å². The largest absolute Gasteiger partial charge is 0.296 e. The Kier molecular flexibility index (Phi) is 2.51. The number of aromatic nitrogens is 2. The molecule has 0 saturated carbocycles. The second-order valence-electron chi connectivity index (χ2n) is 3.10. The van der Waals surface area contributed by atoms with Crippen LogP contribution in [0.2, 0.25) is 0 Å². The molecule has 0 saturated heterocycles. The summed E-state index contributed by atoms with van der Waals surface area (Å²) in [5.74, 6) is -0.0191. The van der Waals surface area contributed by atoms with Gasteiger partial charge in [0.05, 0.1) is 11.3 Å². The van der Waals surface area contributed by atoms with Crippen molar-refractivity contribution in [2.75, 3.05) is 0 Å². The normalized spacial score (nSPS) is 11.0. The van der Waals surface area contributed by atoms with Crippen molar-refractivity contribution in [2.24, 2.45) is 0 Å². The molecule has 0 atom stereocenters. The highest BCUT2D eigenvalue weighted by Gasteiger charge is 2.05. The SMILES string of the molecule is O=Cc1n[nH]c2ccc(C[SH](=O)=O)cc12. The molecule has 6 heteroatoms. The van der Waals surface area contributed by atoms with E-state index in [0.717, 1.165) is 5.52 Å². The van der Waals surface area contributed by atoms with E-state index in [1.807, 2.05) is 0 Å². The number of fused-ring (bicyclic) bond motifs is 1. The minimum Gasteiger partial charge on any atom is -0.296 e. The predicted molar refractivity (Wildman–Crippen MR) is 55.5 cm³/mol. The lowest BCUT2D eigenvalue weighted by molar-refractivity contribution is 0.112. The minimum absolute atomic E-state index is 0.0191. The van der Waals surface area contributed by atoms with E-state index in [1.165, 1.54) is 0 Å². The smallest absolute Gasteiger partial charge is 0.170 e. The zero-order valence-electron chi connectivity index (χ0n) is 7.64. The number of rotatable bonds is 3. The average molecular weight is 224 g/mol. The number of thiol groups is 1. The van der Waals surface area contributed by atoms with Crippen molar-refractivity contribution in [3.05, 3.63) is 29.5 Å². The van der Waals surface area contributed by atoms with Crippen LogP contribution in [0.1, 0.15) is 16.1 Å². The molecule has 0 spiro atoms. The van der Waals surface area contributed by atoms with Gasteiger partial charge in [-0.3, -0.25) is 9.89 Å². The molecule has 2 aromatic rings. The molecule has 1 heterocycles. The Balaban J connectivity index is 2.57. The van der Waals surface area contributed by atoms with Crippen LogP contribution in [0, 0.1) is 0 Å². The Labute approximate surface area is 87.1 Å². The molecule has 78 valence electrons. The molecule has 0 unspecified atom stereocenters. The summed E-state index contributed by atoms with van der Waals surface area (Å²) in [6, 6.07) is 5.07. The fourth-order valence-corrected chi connectivity index (χ4v) is 1.91. The molecule has 0 aliphatic heterocycles. The third kappa shape index (κ3) is 1.89. The van der Waals surface area contributed by atoms with Crippen LogP contribution in [0.3, 0.4) is 0 Å². The molecule has 1 aromatic carbocycles. The lowest BCUT2D eigenvalue weighted by Crippen LogP contribution is -1.87. The number of aldehydes is 1. The third-order valence-electron chi connectivity index (χ3n) is 2.08. The van der Waals surface area contributed by atoms with E-state index >= 15 is 0 Å². The molecule has 0 aliphatic carbocycles. The van der Waals surface area contributed by atoms with Gasteiger partial charge in [-0.1, -0.05) is 6.07 Å². The van der Waals surface area contributed by atoms with Gasteiger partial charge in [0.25, 0.3) is 0 Å². The second-order valence-corrected chi connectivity index (χ2v) is 4.08. The summed E-state index contributed by atoms with van der Waals surface area (Å²) in [7, 11) is -2.45. The van der Waals surface area contributed by atoms with Crippen LogP contribution in [0.4, 0.5) is 0 Å². The van der Waals surface area contributed by atoms with Gasteiger partial charge in [-0.05, 0) is 17.7 Å². The molecule has 15 heavy (non-hydrogen) atoms. The molecular weight excluding hydrogens is 216 g/mol. The van der Waals surface area contributed by atoms with Gasteiger partial charge in [-0.15, -0.1) is 0 Å². The van der Waals surface area contributed by atoms with Crippen LogP contribution in [0.25, 0.3) is 10.9 Å². The fraction of sp³-hybridized carbons (Fsp3) is 0.111. The number of nitrogens with one attached hydrogen (secondary N) is 1. The summed E-state index contributed by atoms with van der Waals surface area (Å²) < 4.78 is 21.1. The second kappa shape index (κ2) is 3.82. The Morgan fingerprint density at radius 1 is 1.40 bits per heavy atom. The Morgan fingerprint density at radius 2 is 2.20 bits per heavy atom. The van der Waals surface area contributed by atoms with Crippen LogP contribution in [0.15, 0.2) is 18.2 Å². The van der Waals surface area contributed by atoms with Crippen molar-refractivity contribution in [1.82, 2.24) is 10.2 Å². The van der Waals surface area contributed by atoms with E-state index in [1.54, 1.807) is 18.2 Å². The van der Waals surface area contributed by atoms with E-state index in [-0.39, 0.29) is 5.75 Å². The summed E-state index contributed by atoms with van der Waals surface area (Å²) in [5, 5.41) is 7.13. The molecule has 0 radical (unpaired) electrons. The van der Waals surface area contributed by atoms with Crippen LogP contribution in [0.5, 0.6) is 0 Å². The minimum atomic E-state index is -2.45. The highest BCUT2D eigenvalue weighted by Crippen LogP contribution is 2.16.